The molecule has 0 aromatic heterocycles. The van der Waals surface area contributed by atoms with Crippen LogP contribution >= 0.6 is 0 Å². The van der Waals surface area contributed by atoms with Crippen molar-refractivity contribution in [2.24, 2.45) is 5.73 Å². The lowest BCUT2D eigenvalue weighted by Gasteiger charge is -2.28. The lowest BCUT2D eigenvalue weighted by Crippen LogP contribution is -2.58. The van der Waals surface area contributed by atoms with Gasteiger partial charge in [0.25, 0.3) is 0 Å². The van der Waals surface area contributed by atoms with E-state index in [1.165, 1.54) is 12.1 Å². The molecule has 37 heavy (non-hydrogen) atoms. The van der Waals surface area contributed by atoms with Crippen LogP contribution in [0.5, 0.6) is 5.75 Å². The number of amides is 3. The monoisotopic (exact) mass is 512 g/mol. The molecule has 7 N–H and O–H groups in total. The topological polar surface area (TPSA) is 182 Å². The number of aliphatic hydroxyl groups excluding tert-OH is 1. The zero-order chi connectivity index (χ0) is 26.9. The van der Waals surface area contributed by atoms with E-state index in [1.54, 1.807) is 12.1 Å². The third-order valence-electron chi connectivity index (χ3n) is 6.26. The van der Waals surface area contributed by atoms with Crippen LogP contribution in [-0.4, -0.2) is 81.2 Å². The molecule has 1 fully saturated rings. The maximum atomic E-state index is 13.2. The van der Waals surface area contributed by atoms with Crippen molar-refractivity contribution < 1.29 is 34.5 Å². The number of nitrogens with two attached hydrogens (primary N) is 1. The number of nitrogens with one attached hydrogen (secondary N) is 2. The van der Waals surface area contributed by atoms with Gasteiger partial charge in [0.2, 0.25) is 17.7 Å². The first-order valence-electron chi connectivity index (χ1n) is 12.0. The van der Waals surface area contributed by atoms with Crippen molar-refractivity contribution in [3.63, 3.8) is 0 Å². The highest BCUT2D eigenvalue weighted by Crippen LogP contribution is 2.19. The van der Waals surface area contributed by atoms with E-state index in [-0.39, 0.29) is 31.6 Å². The van der Waals surface area contributed by atoms with E-state index in [2.05, 4.69) is 10.6 Å². The van der Waals surface area contributed by atoms with Crippen LogP contribution in [-0.2, 0) is 32.0 Å². The number of aromatic hydroxyl groups is 1. The fourth-order valence-corrected chi connectivity index (χ4v) is 4.26. The Balaban J connectivity index is 1.74. The molecule has 2 aromatic carbocycles. The molecule has 11 heteroatoms. The molecule has 11 nitrogen and oxygen atoms in total. The summed E-state index contributed by atoms with van der Waals surface area (Å²) >= 11 is 0. The molecule has 0 aliphatic carbocycles. The van der Waals surface area contributed by atoms with Crippen LogP contribution in [0.4, 0.5) is 0 Å². The zero-order valence-corrected chi connectivity index (χ0v) is 20.2. The fourth-order valence-electron chi connectivity index (χ4n) is 4.26. The molecule has 1 aliphatic rings. The smallest absolute Gasteiger partial charge is 0.326 e. The van der Waals surface area contributed by atoms with Crippen LogP contribution in [0.25, 0.3) is 0 Å². The second kappa shape index (κ2) is 12.8. The van der Waals surface area contributed by atoms with Gasteiger partial charge in [0.15, 0.2) is 0 Å². The summed E-state index contributed by atoms with van der Waals surface area (Å²) in [5, 5.41) is 33.8. The Bertz CT molecular complexity index is 1090. The molecular weight excluding hydrogens is 480 g/mol. The maximum Gasteiger partial charge on any atom is 0.326 e. The minimum absolute atomic E-state index is 0.0176. The number of hydrogen-bond acceptors (Lipinski definition) is 7. The van der Waals surface area contributed by atoms with Crippen LogP contribution in [0.15, 0.2) is 54.6 Å². The van der Waals surface area contributed by atoms with E-state index in [4.69, 9.17) is 5.73 Å². The molecule has 3 rings (SSSR count). The molecule has 2 aromatic rings. The largest absolute Gasteiger partial charge is 0.508 e. The molecule has 1 heterocycles. The van der Waals surface area contributed by atoms with Crippen molar-refractivity contribution >= 4 is 23.7 Å². The molecule has 3 amide bonds. The third-order valence-corrected chi connectivity index (χ3v) is 6.26. The van der Waals surface area contributed by atoms with Crippen LogP contribution in [0.2, 0.25) is 0 Å². The number of carboxylic acid groups (broad SMARTS) is 1. The highest BCUT2D eigenvalue weighted by Gasteiger charge is 2.38. The molecule has 198 valence electrons. The lowest BCUT2D eigenvalue weighted by molar-refractivity contribution is -0.150. The zero-order valence-electron chi connectivity index (χ0n) is 20.2. The Morgan fingerprint density at radius 2 is 1.54 bits per heavy atom. The van der Waals surface area contributed by atoms with Gasteiger partial charge in [-0.3, -0.25) is 14.4 Å². The number of aliphatic carboxylic acids is 1. The molecule has 4 atom stereocenters. The average molecular weight is 513 g/mol. The van der Waals surface area contributed by atoms with E-state index < -0.39 is 54.5 Å². The van der Waals surface area contributed by atoms with Crippen LogP contribution in [0.1, 0.15) is 24.0 Å². The third kappa shape index (κ3) is 7.51. The average Bonchev–Trinajstić information content (AvgIpc) is 3.38. The fraction of sp³-hybridized carbons (Fsp3) is 0.385. The number of aliphatic hydroxyl groups is 1. The summed E-state index contributed by atoms with van der Waals surface area (Å²) in [5.74, 6) is -3.16. The Hall–Kier alpha value is -3.96. The predicted octanol–water partition coefficient (Wildman–Crippen LogP) is -0.458. The van der Waals surface area contributed by atoms with Gasteiger partial charge in [0.05, 0.1) is 12.6 Å². The van der Waals surface area contributed by atoms with Gasteiger partial charge in [0, 0.05) is 13.0 Å². The van der Waals surface area contributed by atoms with Crippen molar-refractivity contribution in [2.75, 3.05) is 13.2 Å². The van der Waals surface area contributed by atoms with E-state index in [9.17, 15) is 34.5 Å². The van der Waals surface area contributed by atoms with Crippen LogP contribution in [0.3, 0.4) is 0 Å². The molecular formula is C26H32N4O7. The van der Waals surface area contributed by atoms with E-state index in [0.29, 0.717) is 12.0 Å². The number of rotatable bonds is 11. The van der Waals surface area contributed by atoms with Gasteiger partial charge in [-0.1, -0.05) is 42.5 Å². The van der Waals surface area contributed by atoms with E-state index in [0.717, 1.165) is 10.5 Å². The summed E-state index contributed by atoms with van der Waals surface area (Å²) in [7, 11) is 0. The number of carbonyl (C=O) groups is 4. The molecule has 1 aliphatic heterocycles. The number of phenolic OH excluding ortho intramolecular Hbond substituents is 1. The van der Waals surface area contributed by atoms with E-state index in [1.807, 2.05) is 30.3 Å². The van der Waals surface area contributed by atoms with Gasteiger partial charge in [-0.15, -0.1) is 0 Å². The van der Waals surface area contributed by atoms with Crippen molar-refractivity contribution in [3.05, 3.63) is 65.7 Å². The molecule has 0 saturated carbocycles. The standard InChI is InChI=1S/C26H32N4O7/c27-19(13-16-5-2-1-3-6-16)23(33)28-20(14-17-8-10-18(32)11-9-17)24(34)29-21(15-31)25(35)30-12-4-7-22(30)26(36)37/h1-3,5-6,8-11,19-22,31-32H,4,7,12-15,27H2,(H,28,33)(H,29,34)(H,36,37). The van der Waals surface area contributed by atoms with Gasteiger partial charge in [-0.05, 0) is 42.5 Å². The SMILES string of the molecule is NC(Cc1ccccc1)C(=O)NC(Cc1ccc(O)cc1)C(=O)NC(CO)C(=O)N1CCCC1C(=O)O. The first-order valence-corrected chi connectivity index (χ1v) is 12.0. The number of likely N-dealkylation sites (tertiary alicyclic amines) is 1. The van der Waals surface area contributed by atoms with Crippen molar-refractivity contribution in [1.82, 2.24) is 15.5 Å². The maximum absolute atomic E-state index is 13.2. The number of hydrogen-bond donors (Lipinski definition) is 6. The number of benzene rings is 2. The van der Waals surface area contributed by atoms with Crippen molar-refractivity contribution in [2.45, 2.75) is 49.9 Å². The van der Waals surface area contributed by atoms with Gasteiger partial charge in [-0.2, -0.15) is 0 Å². The molecule has 1 saturated heterocycles. The summed E-state index contributed by atoms with van der Waals surface area (Å²) in [6.45, 7) is -0.551. The number of carbonyl (C=O) groups excluding carboxylic acids is 3. The lowest BCUT2D eigenvalue weighted by atomic mass is 10.0. The molecule has 0 radical (unpaired) electrons. The summed E-state index contributed by atoms with van der Waals surface area (Å²) in [4.78, 5) is 51.6. The first kappa shape index (κ1) is 27.6. The summed E-state index contributed by atoms with van der Waals surface area (Å²) in [6.07, 6.45) is 1.03. The molecule has 0 spiro atoms. The minimum Gasteiger partial charge on any atom is -0.508 e. The van der Waals surface area contributed by atoms with Crippen LogP contribution < -0.4 is 16.4 Å². The summed E-state index contributed by atoms with van der Waals surface area (Å²) in [6, 6.07) is 10.7. The number of nitrogens with zero attached hydrogens (tertiary/aromatic N) is 1. The summed E-state index contributed by atoms with van der Waals surface area (Å²) in [5.41, 5.74) is 7.54. The second-order valence-corrected chi connectivity index (χ2v) is 9.00. The van der Waals surface area contributed by atoms with Gasteiger partial charge >= 0.3 is 5.97 Å². The highest BCUT2D eigenvalue weighted by molar-refractivity contribution is 5.94. The second-order valence-electron chi connectivity index (χ2n) is 9.00. The molecule has 4 unspecified atom stereocenters. The quantitative estimate of drug-likeness (QED) is 0.234. The normalized spacial score (nSPS) is 17.5. The molecule has 0 bridgehead atoms. The Morgan fingerprint density at radius 1 is 0.919 bits per heavy atom. The van der Waals surface area contributed by atoms with Gasteiger partial charge in [-0.25, -0.2) is 4.79 Å². The predicted molar refractivity (Wildman–Crippen MR) is 133 cm³/mol. The van der Waals surface area contributed by atoms with Gasteiger partial charge in [0.1, 0.15) is 23.9 Å². The Labute approximate surface area is 214 Å². The van der Waals surface area contributed by atoms with E-state index >= 15 is 0 Å². The number of phenols is 1. The Kier molecular flexibility index (Phi) is 9.58. The van der Waals surface area contributed by atoms with Crippen LogP contribution in [0, 0.1) is 0 Å². The Morgan fingerprint density at radius 3 is 2.16 bits per heavy atom. The van der Waals surface area contributed by atoms with Gasteiger partial charge < -0.3 is 36.6 Å². The minimum atomic E-state index is -1.38. The summed E-state index contributed by atoms with van der Waals surface area (Å²) < 4.78 is 0. The highest BCUT2D eigenvalue weighted by atomic mass is 16.4. The number of carboxylic acids is 1. The van der Waals surface area contributed by atoms with Crippen molar-refractivity contribution in [1.29, 1.82) is 0 Å². The van der Waals surface area contributed by atoms with Crippen molar-refractivity contribution in [3.8, 4) is 5.75 Å². The first-order chi connectivity index (χ1) is 17.7.